The van der Waals surface area contributed by atoms with Crippen LogP contribution in [0.15, 0.2) is 78.9 Å². The molecular formula is C31H35N3O3. The first kappa shape index (κ1) is 25.0. The Hall–Kier alpha value is -3.64. The SMILES string of the molecule is O=C(NCC1CCCO1)c1cc(NC(=O)C(c2ccccc2)c2ccccc2)ccc1N1CCCCC1. The number of ether oxygens (including phenoxy) is 1. The zero-order valence-electron chi connectivity index (χ0n) is 21.2. The van der Waals surface area contributed by atoms with E-state index in [0.29, 0.717) is 17.8 Å². The number of carbonyl (C=O) groups excluding carboxylic acids is 2. The van der Waals surface area contributed by atoms with E-state index in [1.165, 1.54) is 6.42 Å². The molecule has 192 valence electrons. The Kier molecular flexibility index (Phi) is 8.16. The van der Waals surface area contributed by atoms with Crippen LogP contribution in [0.25, 0.3) is 0 Å². The molecule has 0 spiro atoms. The molecule has 2 N–H and O–H groups in total. The van der Waals surface area contributed by atoms with Crippen molar-refractivity contribution in [3.8, 4) is 0 Å². The van der Waals surface area contributed by atoms with E-state index >= 15 is 0 Å². The zero-order valence-corrected chi connectivity index (χ0v) is 21.2. The lowest BCUT2D eigenvalue weighted by Crippen LogP contribution is -2.35. The van der Waals surface area contributed by atoms with E-state index < -0.39 is 5.92 Å². The number of amides is 2. The van der Waals surface area contributed by atoms with E-state index in [2.05, 4.69) is 15.5 Å². The van der Waals surface area contributed by atoms with Crippen LogP contribution in [0.3, 0.4) is 0 Å². The summed E-state index contributed by atoms with van der Waals surface area (Å²) >= 11 is 0. The summed E-state index contributed by atoms with van der Waals surface area (Å²) in [7, 11) is 0. The predicted molar refractivity (Wildman–Crippen MR) is 147 cm³/mol. The quantitative estimate of drug-likeness (QED) is 0.440. The van der Waals surface area contributed by atoms with Gasteiger partial charge in [-0.1, -0.05) is 60.7 Å². The van der Waals surface area contributed by atoms with Gasteiger partial charge < -0.3 is 20.3 Å². The third-order valence-electron chi connectivity index (χ3n) is 7.25. The van der Waals surface area contributed by atoms with Gasteiger partial charge in [-0.05, 0) is 61.4 Å². The van der Waals surface area contributed by atoms with E-state index in [9.17, 15) is 9.59 Å². The lowest BCUT2D eigenvalue weighted by Gasteiger charge is -2.30. The van der Waals surface area contributed by atoms with Crippen LogP contribution in [-0.2, 0) is 9.53 Å². The molecule has 0 saturated carbocycles. The normalized spacial score (nSPS) is 17.5. The van der Waals surface area contributed by atoms with Gasteiger partial charge in [0.25, 0.3) is 5.91 Å². The second-order valence-corrected chi connectivity index (χ2v) is 9.87. The molecular weight excluding hydrogens is 462 g/mol. The molecule has 3 aromatic rings. The van der Waals surface area contributed by atoms with Crippen LogP contribution in [-0.4, -0.2) is 44.2 Å². The molecule has 1 atom stereocenters. The molecule has 0 bridgehead atoms. The maximum Gasteiger partial charge on any atom is 0.253 e. The minimum Gasteiger partial charge on any atom is -0.376 e. The molecule has 2 saturated heterocycles. The van der Waals surface area contributed by atoms with Gasteiger partial charge in [0.05, 0.1) is 17.6 Å². The molecule has 2 aliphatic heterocycles. The van der Waals surface area contributed by atoms with Crippen LogP contribution in [0.4, 0.5) is 11.4 Å². The Morgan fingerprint density at radius 3 is 2.16 bits per heavy atom. The lowest BCUT2D eigenvalue weighted by atomic mass is 9.90. The maximum atomic E-state index is 13.6. The van der Waals surface area contributed by atoms with Crippen LogP contribution in [0.1, 0.15) is 59.5 Å². The minimum absolute atomic E-state index is 0.0720. The largest absolute Gasteiger partial charge is 0.376 e. The van der Waals surface area contributed by atoms with Crippen molar-refractivity contribution in [3.63, 3.8) is 0 Å². The number of nitrogens with zero attached hydrogens (tertiary/aromatic N) is 1. The third kappa shape index (κ3) is 6.20. The average Bonchev–Trinajstić information content (AvgIpc) is 3.47. The summed E-state index contributed by atoms with van der Waals surface area (Å²) in [5.41, 5.74) is 3.97. The Morgan fingerprint density at radius 1 is 0.865 bits per heavy atom. The monoisotopic (exact) mass is 497 g/mol. The van der Waals surface area contributed by atoms with E-state index in [1.807, 2.05) is 78.9 Å². The molecule has 2 aliphatic rings. The Morgan fingerprint density at radius 2 is 1.54 bits per heavy atom. The van der Waals surface area contributed by atoms with Crippen molar-refractivity contribution < 1.29 is 14.3 Å². The molecule has 6 heteroatoms. The number of rotatable bonds is 8. The molecule has 2 fully saturated rings. The number of carbonyl (C=O) groups is 2. The number of hydrogen-bond acceptors (Lipinski definition) is 4. The first-order valence-electron chi connectivity index (χ1n) is 13.4. The van der Waals surface area contributed by atoms with Crippen LogP contribution in [0.2, 0.25) is 0 Å². The maximum absolute atomic E-state index is 13.6. The highest BCUT2D eigenvalue weighted by Gasteiger charge is 2.25. The summed E-state index contributed by atoms with van der Waals surface area (Å²) in [5, 5.41) is 6.17. The van der Waals surface area contributed by atoms with Crippen molar-refractivity contribution in [2.75, 3.05) is 36.5 Å². The number of hydrogen-bond donors (Lipinski definition) is 2. The molecule has 2 amide bonds. The van der Waals surface area contributed by atoms with E-state index in [1.54, 1.807) is 0 Å². The van der Waals surface area contributed by atoms with Gasteiger partial charge in [-0.25, -0.2) is 0 Å². The Bertz CT molecular complexity index is 1150. The molecule has 0 aliphatic carbocycles. The van der Waals surface area contributed by atoms with E-state index in [-0.39, 0.29) is 17.9 Å². The standard InChI is InChI=1S/C31H35N3O3/c35-30(32-22-26-15-10-20-37-26)27-21-25(16-17-28(27)34-18-8-3-9-19-34)33-31(36)29(23-11-4-1-5-12-23)24-13-6-2-7-14-24/h1-2,4-7,11-14,16-17,21,26,29H,3,8-10,15,18-20,22H2,(H,32,35)(H,33,36). The molecule has 0 aromatic heterocycles. The molecule has 0 radical (unpaired) electrons. The van der Waals surface area contributed by atoms with E-state index in [0.717, 1.165) is 62.2 Å². The van der Waals surface area contributed by atoms with Crippen LogP contribution < -0.4 is 15.5 Å². The fraction of sp³-hybridized carbons (Fsp3) is 0.355. The number of piperidine rings is 1. The summed E-state index contributed by atoms with van der Waals surface area (Å²) in [5.74, 6) is -0.718. The van der Waals surface area contributed by atoms with Crippen molar-refractivity contribution >= 4 is 23.2 Å². The molecule has 37 heavy (non-hydrogen) atoms. The summed E-state index contributed by atoms with van der Waals surface area (Å²) in [6.45, 7) is 3.12. The zero-order chi connectivity index (χ0) is 25.5. The van der Waals surface area contributed by atoms with Gasteiger partial charge in [0, 0.05) is 37.6 Å². The summed E-state index contributed by atoms with van der Waals surface area (Å²) < 4.78 is 5.69. The van der Waals surface area contributed by atoms with Gasteiger partial charge in [-0.2, -0.15) is 0 Å². The molecule has 1 unspecified atom stereocenters. The van der Waals surface area contributed by atoms with Crippen LogP contribution >= 0.6 is 0 Å². The predicted octanol–water partition coefficient (Wildman–Crippen LogP) is 5.36. The summed E-state index contributed by atoms with van der Waals surface area (Å²) in [6, 6.07) is 25.3. The van der Waals surface area contributed by atoms with Crippen molar-refractivity contribution in [3.05, 3.63) is 95.6 Å². The second-order valence-electron chi connectivity index (χ2n) is 9.87. The Balaban J connectivity index is 1.40. The Labute approximate surface area is 219 Å². The topological polar surface area (TPSA) is 70.7 Å². The van der Waals surface area contributed by atoms with Crippen molar-refractivity contribution in [2.45, 2.75) is 44.1 Å². The highest BCUT2D eigenvalue weighted by molar-refractivity contribution is 6.03. The molecule has 2 heterocycles. The van der Waals surface area contributed by atoms with Gasteiger partial charge in [0.2, 0.25) is 5.91 Å². The van der Waals surface area contributed by atoms with Gasteiger partial charge in [-0.3, -0.25) is 9.59 Å². The van der Waals surface area contributed by atoms with Gasteiger partial charge >= 0.3 is 0 Å². The van der Waals surface area contributed by atoms with E-state index in [4.69, 9.17) is 4.74 Å². The van der Waals surface area contributed by atoms with Crippen molar-refractivity contribution in [1.82, 2.24) is 5.32 Å². The highest BCUT2D eigenvalue weighted by atomic mass is 16.5. The summed E-state index contributed by atoms with van der Waals surface area (Å²) in [4.78, 5) is 29.3. The lowest BCUT2D eigenvalue weighted by molar-refractivity contribution is -0.116. The third-order valence-corrected chi connectivity index (χ3v) is 7.25. The molecule has 5 rings (SSSR count). The summed E-state index contributed by atoms with van der Waals surface area (Å²) in [6.07, 6.45) is 5.52. The number of anilines is 2. The van der Waals surface area contributed by atoms with Crippen molar-refractivity contribution in [1.29, 1.82) is 0 Å². The second kappa shape index (κ2) is 12.1. The minimum atomic E-state index is -0.457. The van der Waals surface area contributed by atoms with Gasteiger partial charge in [-0.15, -0.1) is 0 Å². The fourth-order valence-electron chi connectivity index (χ4n) is 5.31. The molecule has 6 nitrogen and oxygen atoms in total. The van der Waals surface area contributed by atoms with Crippen LogP contribution in [0.5, 0.6) is 0 Å². The number of nitrogens with one attached hydrogen (secondary N) is 2. The van der Waals surface area contributed by atoms with Gasteiger partial charge in [0.15, 0.2) is 0 Å². The highest BCUT2D eigenvalue weighted by Crippen LogP contribution is 2.30. The van der Waals surface area contributed by atoms with Crippen molar-refractivity contribution in [2.24, 2.45) is 0 Å². The number of benzene rings is 3. The van der Waals surface area contributed by atoms with Gasteiger partial charge in [0.1, 0.15) is 0 Å². The fourth-order valence-corrected chi connectivity index (χ4v) is 5.31. The van der Waals surface area contributed by atoms with Crippen LogP contribution in [0, 0.1) is 0 Å². The molecule has 3 aromatic carbocycles. The first-order chi connectivity index (χ1) is 18.2. The smallest absolute Gasteiger partial charge is 0.253 e. The first-order valence-corrected chi connectivity index (χ1v) is 13.4. The average molecular weight is 498 g/mol.